The van der Waals surface area contributed by atoms with E-state index in [4.69, 9.17) is 23.2 Å². The molecule has 1 aromatic carbocycles. The molecular formula is C14H13Cl2N3O2. The van der Waals surface area contributed by atoms with Crippen molar-refractivity contribution in [2.75, 3.05) is 11.9 Å². The van der Waals surface area contributed by atoms with Crippen LogP contribution in [0.4, 0.5) is 10.5 Å². The summed E-state index contributed by atoms with van der Waals surface area (Å²) in [5.41, 5.74) is 0.947. The number of halogens is 2. The van der Waals surface area contributed by atoms with Gasteiger partial charge < -0.3 is 15.7 Å². The van der Waals surface area contributed by atoms with Crippen molar-refractivity contribution in [1.29, 1.82) is 0 Å². The van der Waals surface area contributed by atoms with Gasteiger partial charge in [0.15, 0.2) is 0 Å². The normalized spacial score (nSPS) is 11.8. The largest absolute Gasteiger partial charge is 0.386 e. The Bertz CT molecular complexity index is 603. The Kier molecular flexibility index (Phi) is 5.38. The van der Waals surface area contributed by atoms with Crippen LogP contribution in [0.15, 0.2) is 42.7 Å². The van der Waals surface area contributed by atoms with Crippen molar-refractivity contribution < 1.29 is 9.90 Å². The number of hydrogen-bond donors (Lipinski definition) is 3. The summed E-state index contributed by atoms with van der Waals surface area (Å²) in [5.74, 6) is 0. The molecule has 0 aliphatic rings. The number of aromatic nitrogens is 1. The third kappa shape index (κ3) is 4.32. The Morgan fingerprint density at radius 2 is 1.95 bits per heavy atom. The molecule has 0 saturated carbocycles. The second kappa shape index (κ2) is 7.26. The number of pyridine rings is 1. The number of benzene rings is 1. The summed E-state index contributed by atoms with van der Waals surface area (Å²) in [4.78, 5) is 15.6. The highest BCUT2D eigenvalue weighted by Gasteiger charge is 2.16. The number of carbonyl (C=O) groups excluding carboxylic acids is 1. The average molecular weight is 326 g/mol. The first-order valence-corrected chi connectivity index (χ1v) is 6.90. The number of anilines is 1. The van der Waals surface area contributed by atoms with Gasteiger partial charge in [0, 0.05) is 28.4 Å². The van der Waals surface area contributed by atoms with E-state index in [2.05, 4.69) is 15.6 Å². The van der Waals surface area contributed by atoms with Crippen molar-refractivity contribution >= 4 is 34.9 Å². The maximum absolute atomic E-state index is 11.7. The lowest BCUT2D eigenvalue weighted by Gasteiger charge is -2.15. The number of urea groups is 1. The minimum Gasteiger partial charge on any atom is -0.386 e. The van der Waals surface area contributed by atoms with E-state index in [0.29, 0.717) is 21.3 Å². The average Bonchev–Trinajstić information content (AvgIpc) is 2.46. The summed E-state index contributed by atoms with van der Waals surface area (Å²) in [6.07, 6.45) is 2.12. The zero-order valence-electron chi connectivity index (χ0n) is 10.9. The molecule has 0 unspecified atom stereocenters. The van der Waals surface area contributed by atoms with E-state index in [-0.39, 0.29) is 6.54 Å². The van der Waals surface area contributed by atoms with E-state index in [9.17, 15) is 9.90 Å². The second-order valence-corrected chi connectivity index (χ2v) is 5.04. The van der Waals surface area contributed by atoms with Gasteiger partial charge in [-0.3, -0.25) is 4.98 Å². The Morgan fingerprint density at radius 1 is 1.24 bits per heavy atom. The highest BCUT2D eigenvalue weighted by atomic mass is 35.5. The SMILES string of the molecule is O=C(NC[C@@H](O)c1c(Cl)cccc1Cl)Nc1cccnc1. The molecule has 0 aliphatic heterocycles. The molecule has 2 aromatic rings. The van der Waals surface area contributed by atoms with Gasteiger partial charge in [0.1, 0.15) is 0 Å². The van der Waals surface area contributed by atoms with Crippen LogP contribution in [0.1, 0.15) is 11.7 Å². The third-order valence-electron chi connectivity index (χ3n) is 2.71. The molecule has 3 N–H and O–H groups in total. The summed E-state index contributed by atoms with van der Waals surface area (Å²) in [5, 5.41) is 15.9. The first-order valence-electron chi connectivity index (χ1n) is 6.15. The van der Waals surface area contributed by atoms with Gasteiger partial charge in [-0.1, -0.05) is 29.3 Å². The number of rotatable bonds is 4. The van der Waals surface area contributed by atoms with Gasteiger partial charge in [0.05, 0.1) is 18.0 Å². The summed E-state index contributed by atoms with van der Waals surface area (Å²) >= 11 is 12.0. The Morgan fingerprint density at radius 3 is 2.57 bits per heavy atom. The zero-order chi connectivity index (χ0) is 15.2. The topological polar surface area (TPSA) is 74.2 Å². The number of nitrogens with zero attached hydrogens (tertiary/aromatic N) is 1. The van der Waals surface area contributed by atoms with E-state index in [1.807, 2.05) is 0 Å². The highest BCUT2D eigenvalue weighted by Crippen LogP contribution is 2.29. The monoisotopic (exact) mass is 325 g/mol. The number of aliphatic hydroxyl groups excluding tert-OH is 1. The molecule has 7 heteroatoms. The van der Waals surface area contributed by atoms with Crippen molar-refractivity contribution in [2.24, 2.45) is 0 Å². The Labute approximate surface area is 131 Å². The van der Waals surface area contributed by atoms with Crippen LogP contribution in [0.25, 0.3) is 0 Å². The molecule has 0 saturated heterocycles. The summed E-state index contributed by atoms with van der Waals surface area (Å²) in [6, 6.07) is 7.89. The summed E-state index contributed by atoms with van der Waals surface area (Å²) < 4.78 is 0. The standard InChI is InChI=1S/C14H13Cl2N3O2/c15-10-4-1-5-11(16)13(10)12(20)8-18-14(21)19-9-3-2-6-17-7-9/h1-7,12,20H,8H2,(H2,18,19,21)/t12-/m1/s1. The van der Waals surface area contributed by atoms with Crippen LogP contribution >= 0.6 is 23.2 Å². The maximum atomic E-state index is 11.7. The predicted molar refractivity (Wildman–Crippen MR) is 82.7 cm³/mol. The van der Waals surface area contributed by atoms with E-state index in [0.717, 1.165) is 0 Å². The van der Waals surface area contributed by atoms with Gasteiger partial charge in [-0.05, 0) is 24.3 Å². The molecule has 0 aliphatic carbocycles. The lowest BCUT2D eigenvalue weighted by Crippen LogP contribution is -2.32. The summed E-state index contributed by atoms with van der Waals surface area (Å²) in [6.45, 7) is -0.0183. The molecule has 2 rings (SSSR count). The molecule has 0 fully saturated rings. The molecule has 1 atom stereocenters. The molecule has 110 valence electrons. The van der Waals surface area contributed by atoms with Crippen LogP contribution < -0.4 is 10.6 Å². The van der Waals surface area contributed by atoms with E-state index in [1.54, 1.807) is 36.5 Å². The fourth-order valence-corrected chi connectivity index (χ4v) is 2.38. The minimum absolute atomic E-state index is 0.0183. The third-order valence-corrected chi connectivity index (χ3v) is 3.37. The molecule has 2 amide bonds. The lowest BCUT2D eigenvalue weighted by molar-refractivity contribution is 0.175. The number of aliphatic hydroxyl groups is 1. The van der Waals surface area contributed by atoms with Crippen molar-refractivity contribution in [3.05, 3.63) is 58.3 Å². The minimum atomic E-state index is -0.995. The molecular weight excluding hydrogens is 313 g/mol. The van der Waals surface area contributed by atoms with E-state index in [1.165, 1.54) is 6.20 Å². The van der Waals surface area contributed by atoms with Crippen molar-refractivity contribution in [3.63, 3.8) is 0 Å². The molecule has 0 spiro atoms. The predicted octanol–water partition coefficient (Wildman–Crippen LogP) is 3.24. The van der Waals surface area contributed by atoms with Gasteiger partial charge >= 0.3 is 6.03 Å². The first kappa shape index (κ1) is 15.6. The van der Waals surface area contributed by atoms with Crippen molar-refractivity contribution in [3.8, 4) is 0 Å². The molecule has 0 radical (unpaired) electrons. The molecule has 21 heavy (non-hydrogen) atoms. The fourth-order valence-electron chi connectivity index (χ4n) is 1.73. The van der Waals surface area contributed by atoms with Gasteiger partial charge in [-0.15, -0.1) is 0 Å². The van der Waals surface area contributed by atoms with Crippen molar-refractivity contribution in [2.45, 2.75) is 6.10 Å². The quantitative estimate of drug-likeness (QED) is 0.807. The molecule has 1 heterocycles. The Balaban J connectivity index is 1.92. The Hall–Kier alpha value is -1.82. The number of nitrogens with one attached hydrogen (secondary N) is 2. The van der Waals surface area contributed by atoms with E-state index < -0.39 is 12.1 Å². The lowest BCUT2D eigenvalue weighted by atomic mass is 10.1. The summed E-state index contributed by atoms with van der Waals surface area (Å²) in [7, 11) is 0. The number of hydrogen-bond acceptors (Lipinski definition) is 3. The van der Waals surface area contributed by atoms with Crippen LogP contribution in [0.3, 0.4) is 0 Å². The first-order chi connectivity index (χ1) is 10.1. The van der Waals surface area contributed by atoms with Crippen LogP contribution in [0.5, 0.6) is 0 Å². The van der Waals surface area contributed by atoms with Crippen LogP contribution in [-0.2, 0) is 0 Å². The molecule has 0 bridgehead atoms. The molecule has 1 aromatic heterocycles. The van der Waals surface area contributed by atoms with Crippen LogP contribution in [-0.4, -0.2) is 22.7 Å². The van der Waals surface area contributed by atoms with Gasteiger partial charge in [0.25, 0.3) is 0 Å². The van der Waals surface area contributed by atoms with Gasteiger partial charge in [-0.25, -0.2) is 4.79 Å². The highest BCUT2D eigenvalue weighted by molar-refractivity contribution is 6.36. The van der Waals surface area contributed by atoms with Crippen LogP contribution in [0.2, 0.25) is 10.0 Å². The van der Waals surface area contributed by atoms with Gasteiger partial charge in [-0.2, -0.15) is 0 Å². The maximum Gasteiger partial charge on any atom is 0.319 e. The van der Waals surface area contributed by atoms with Gasteiger partial charge in [0.2, 0.25) is 0 Å². The number of carbonyl (C=O) groups is 1. The molecule has 5 nitrogen and oxygen atoms in total. The zero-order valence-corrected chi connectivity index (χ0v) is 12.4. The van der Waals surface area contributed by atoms with Crippen molar-refractivity contribution in [1.82, 2.24) is 10.3 Å². The van der Waals surface area contributed by atoms with Crippen LogP contribution in [0, 0.1) is 0 Å². The second-order valence-electron chi connectivity index (χ2n) is 4.23. The fraction of sp³-hybridized carbons (Fsp3) is 0.143. The van der Waals surface area contributed by atoms with E-state index >= 15 is 0 Å². The smallest absolute Gasteiger partial charge is 0.319 e. The number of amides is 2.